The van der Waals surface area contributed by atoms with Crippen LogP contribution in [0, 0.1) is 3.57 Å². The first-order valence-corrected chi connectivity index (χ1v) is 5.00. The van der Waals surface area contributed by atoms with E-state index in [2.05, 4.69) is 4.98 Å². The van der Waals surface area contributed by atoms with Crippen LogP contribution >= 0.6 is 22.6 Å². The van der Waals surface area contributed by atoms with Gasteiger partial charge in [0.2, 0.25) is 0 Å². The number of alkyl halides is 5. The molecule has 1 aromatic rings. The Bertz CT molecular complexity index is 393. The molecule has 0 aromatic carbocycles. The van der Waals surface area contributed by atoms with E-state index in [9.17, 15) is 22.0 Å². The third-order valence-corrected chi connectivity index (χ3v) is 2.93. The molecule has 0 amide bonds. The molecule has 0 unspecified atom stereocenters. The Morgan fingerprint density at radius 1 is 1.38 bits per heavy atom. The maximum Gasteiger partial charge on any atom is 0.417 e. The molecule has 0 bridgehead atoms. The maximum atomic E-state index is 12.4. The van der Waals surface area contributed by atoms with E-state index in [1.54, 1.807) is 0 Å². The van der Waals surface area contributed by atoms with E-state index in [-0.39, 0.29) is 3.57 Å². The lowest BCUT2D eigenvalue weighted by Gasteiger charge is -2.13. The van der Waals surface area contributed by atoms with Gasteiger partial charge in [0, 0.05) is 3.57 Å². The van der Waals surface area contributed by atoms with Crippen LogP contribution in [0.1, 0.15) is 23.4 Å². The van der Waals surface area contributed by atoms with Crippen molar-refractivity contribution in [3.63, 3.8) is 0 Å². The summed E-state index contributed by atoms with van der Waals surface area (Å²) in [4.78, 5) is 3.26. The van der Waals surface area contributed by atoms with Gasteiger partial charge in [-0.1, -0.05) is 0 Å². The van der Waals surface area contributed by atoms with Crippen molar-refractivity contribution < 1.29 is 27.1 Å². The first kappa shape index (κ1) is 13.6. The topological polar surface area (TPSA) is 33.1 Å². The Morgan fingerprint density at radius 3 is 2.31 bits per heavy atom. The molecule has 0 radical (unpaired) electrons. The molecule has 2 nitrogen and oxygen atoms in total. The van der Waals surface area contributed by atoms with Crippen LogP contribution in [0.4, 0.5) is 22.0 Å². The van der Waals surface area contributed by atoms with E-state index in [1.807, 2.05) is 0 Å². The van der Waals surface area contributed by atoms with Crippen LogP contribution in [-0.2, 0) is 12.8 Å². The maximum absolute atomic E-state index is 12.4. The van der Waals surface area contributed by atoms with Gasteiger partial charge in [-0.15, -0.1) is 0 Å². The van der Waals surface area contributed by atoms with Crippen LogP contribution in [0.25, 0.3) is 0 Å². The van der Waals surface area contributed by atoms with Crippen molar-refractivity contribution in [2.24, 2.45) is 0 Å². The highest BCUT2D eigenvalue weighted by molar-refractivity contribution is 14.1. The summed E-state index contributed by atoms with van der Waals surface area (Å²) in [5.74, 6) is 0. The largest absolute Gasteiger partial charge is 0.417 e. The summed E-state index contributed by atoms with van der Waals surface area (Å²) in [5, 5.41) is 8.74. The minimum Gasteiger partial charge on any atom is -0.390 e. The highest BCUT2D eigenvalue weighted by atomic mass is 127. The number of hydrogen-bond acceptors (Lipinski definition) is 2. The Hall–Kier alpha value is -0.510. The molecule has 0 saturated carbocycles. The molecule has 1 heterocycles. The quantitative estimate of drug-likeness (QED) is 0.655. The summed E-state index contributed by atoms with van der Waals surface area (Å²) in [6, 6.07) is 0.297. The van der Waals surface area contributed by atoms with Crippen molar-refractivity contribution in [1.29, 1.82) is 0 Å². The molecule has 0 aliphatic heterocycles. The first-order chi connectivity index (χ1) is 7.27. The average Bonchev–Trinajstić information content (AvgIpc) is 2.15. The molecule has 1 N–H and O–H groups in total. The van der Waals surface area contributed by atoms with Crippen LogP contribution in [0.5, 0.6) is 0 Å². The number of pyridine rings is 1. The van der Waals surface area contributed by atoms with Crippen LogP contribution in [0.2, 0.25) is 0 Å². The molecule has 0 spiro atoms. The van der Waals surface area contributed by atoms with E-state index in [0.717, 1.165) is 0 Å². The van der Waals surface area contributed by atoms with Crippen molar-refractivity contribution in [2.75, 3.05) is 0 Å². The molecule has 0 atom stereocenters. The molecule has 16 heavy (non-hydrogen) atoms. The lowest BCUT2D eigenvalue weighted by Crippen LogP contribution is -2.13. The number of aliphatic hydroxyl groups excluding tert-OH is 1. The average molecular weight is 353 g/mol. The normalized spacial score (nSPS) is 12.2. The number of aromatic nitrogens is 1. The summed E-state index contributed by atoms with van der Waals surface area (Å²) >= 11 is 1.32. The zero-order chi connectivity index (χ0) is 12.5. The molecule has 1 aromatic heterocycles. The van der Waals surface area contributed by atoms with Gasteiger partial charge in [-0.05, 0) is 28.7 Å². The Balaban J connectivity index is 3.42. The van der Waals surface area contributed by atoms with Crippen LogP contribution in [0.15, 0.2) is 6.07 Å². The van der Waals surface area contributed by atoms with Crippen molar-refractivity contribution in [3.05, 3.63) is 26.6 Å². The summed E-state index contributed by atoms with van der Waals surface area (Å²) in [7, 11) is 0. The van der Waals surface area contributed by atoms with E-state index in [0.29, 0.717) is 6.07 Å². The van der Waals surface area contributed by atoms with Gasteiger partial charge in [0.15, 0.2) is 0 Å². The van der Waals surface area contributed by atoms with Crippen molar-refractivity contribution in [2.45, 2.75) is 19.2 Å². The third-order valence-electron chi connectivity index (χ3n) is 1.72. The monoisotopic (exact) mass is 353 g/mol. The molecular weight excluding hydrogens is 348 g/mol. The fourth-order valence-electron chi connectivity index (χ4n) is 1.03. The van der Waals surface area contributed by atoms with Crippen molar-refractivity contribution >= 4 is 22.6 Å². The molecule has 8 heteroatoms. The molecule has 90 valence electrons. The standard InChI is InChI=1S/C8H5F5INO/c9-7(10)4-1-3(8(11,12)13)6(14)5(2-16)15-4/h1,7,16H,2H2. The van der Waals surface area contributed by atoms with Gasteiger partial charge in [-0.3, -0.25) is 0 Å². The molecule has 0 aliphatic rings. The number of aliphatic hydroxyl groups is 1. The zero-order valence-electron chi connectivity index (χ0n) is 7.52. The van der Waals surface area contributed by atoms with E-state index >= 15 is 0 Å². The van der Waals surface area contributed by atoms with Gasteiger partial charge < -0.3 is 5.11 Å². The number of hydrogen-bond donors (Lipinski definition) is 1. The highest BCUT2D eigenvalue weighted by Gasteiger charge is 2.35. The molecule has 0 fully saturated rings. The second-order valence-electron chi connectivity index (χ2n) is 2.81. The van der Waals surface area contributed by atoms with Gasteiger partial charge in [-0.2, -0.15) is 13.2 Å². The fraction of sp³-hybridized carbons (Fsp3) is 0.375. The van der Waals surface area contributed by atoms with Gasteiger partial charge in [-0.25, -0.2) is 13.8 Å². The van der Waals surface area contributed by atoms with Crippen LogP contribution in [0.3, 0.4) is 0 Å². The van der Waals surface area contributed by atoms with Crippen molar-refractivity contribution in [3.8, 4) is 0 Å². The fourth-order valence-corrected chi connectivity index (χ4v) is 1.78. The molecular formula is C8H5F5INO. The van der Waals surface area contributed by atoms with Crippen molar-refractivity contribution in [1.82, 2.24) is 4.98 Å². The predicted molar refractivity (Wildman–Crippen MR) is 52.8 cm³/mol. The van der Waals surface area contributed by atoms with E-state index in [4.69, 9.17) is 5.11 Å². The van der Waals surface area contributed by atoms with E-state index < -0.39 is 36.2 Å². The minimum absolute atomic E-state index is 0.297. The predicted octanol–water partition coefficient (Wildman–Crippen LogP) is 3.13. The van der Waals surface area contributed by atoms with Crippen LogP contribution in [-0.4, -0.2) is 10.1 Å². The van der Waals surface area contributed by atoms with E-state index in [1.165, 1.54) is 22.6 Å². The highest BCUT2D eigenvalue weighted by Crippen LogP contribution is 2.35. The smallest absolute Gasteiger partial charge is 0.390 e. The molecule has 1 rings (SSSR count). The molecule has 0 aliphatic carbocycles. The Labute approximate surface area is 101 Å². The zero-order valence-corrected chi connectivity index (χ0v) is 9.68. The minimum atomic E-state index is -4.74. The lowest BCUT2D eigenvalue weighted by atomic mass is 10.2. The van der Waals surface area contributed by atoms with Gasteiger partial charge in [0.1, 0.15) is 5.69 Å². The molecule has 0 saturated heterocycles. The first-order valence-electron chi connectivity index (χ1n) is 3.93. The third kappa shape index (κ3) is 2.78. The summed E-state index contributed by atoms with van der Waals surface area (Å²) in [5.41, 5.74) is -2.59. The summed E-state index contributed by atoms with van der Waals surface area (Å²) in [6.07, 6.45) is -7.85. The summed E-state index contributed by atoms with van der Waals surface area (Å²) in [6.45, 7) is -0.818. The van der Waals surface area contributed by atoms with Crippen LogP contribution < -0.4 is 0 Å². The second-order valence-corrected chi connectivity index (χ2v) is 3.89. The second kappa shape index (κ2) is 4.78. The lowest BCUT2D eigenvalue weighted by molar-refractivity contribution is -0.138. The number of halogens is 6. The number of nitrogens with zero attached hydrogens (tertiary/aromatic N) is 1. The van der Waals surface area contributed by atoms with Gasteiger partial charge in [0.25, 0.3) is 6.43 Å². The Morgan fingerprint density at radius 2 is 1.94 bits per heavy atom. The Kier molecular flexibility index (Phi) is 4.05. The van der Waals surface area contributed by atoms with Gasteiger partial charge in [0.05, 0.1) is 17.9 Å². The SMILES string of the molecule is OCc1nc(C(F)F)cc(C(F)(F)F)c1I. The summed E-state index contributed by atoms with van der Waals surface area (Å²) < 4.78 is 61.5. The number of rotatable bonds is 2. The van der Waals surface area contributed by atoms with Gasteiger partial charge >= 0.3 is 6.18 Å².